The van der Waals surface area contributed by atoms with E-state index in [0.29, 0.717) is 17.8 Å². The Morgan fingerprint density at radius 2 is 1.94 bits per heavy atom. The zero-order valence-electron chi connectivity index (χ0n) is 9.64. The van der Waals surface area contributed by atoms with E-state index in [1.807, 2.05) is 0 Å². The van der Waals surface area contributed by atoms with Crippen molar-refractivity contribution in [2.45, 2.75) is 13.3 Å². The number of amides is 1. The molecular formula is C12H16N2O3. The highest BCUT2D eigenvalue weighted by molar-refractivity contribution is 5.94. The normalized spacial score (nSPS) is 11.8. The third kappa shape index (κ3) is 4.55. The van der Waals surface area contributed by atoms with Crippen LogP contribution >= 0.6 is 0 Å². The minimum atomic E-state index is -0.862. The molecule has 17 heavy (non-hydrogen) atoms. The molecule has 0 spiro atoms. The Balaban J connectivity index is 2.44. The molecule has 0 aliphatic carbocycles. The average molecular weight is 236 g/mol. The van der Waals surface area contributed by atoms with Crippen molar-refractivity contribution in [3.8, 4) is 0 Å². The molecule has 0 heterocycles. The second-order valence-electron chi connectivity index (χ2n) is 4.04. The number of aliphatic carboxylic acids is 1. The van der Waals surface area contributed by atoms with Crippen molar-refractivity contribution >= 4 is 17.6 Å². The lowest BCUT2D eigenvalue weighted by Gasteiger charge is -2.10. The summed E-state index contributed by atoms with van der Waals surface area (Å²) in [5.41, 5.74) is 6.62. The van der Waals surface area contributed by atoms with Crippen molar-refractivity contribution in [1.82, 2.24) is 5.32 Å². The molecule has 0 fully saturated rings. The van der Waals surface area contributed by atoms with Crippen molar-refractivity contribution in [3.05, 3.63) is 29.8 Å². The van der Waals surface area contributed by atoms with Crippen LogP contribution in [0.3, 0.4) is 0 Å². The second-order valence-corrected chi connectivity index (χ2v) is 4.04. The van der Waals surface area contributed by atoms with Gasteiger partial charge >= 0.3 is 5.97 Å². The van der Waals surface area contributed by atoms with E-state index in [9.17, 15) is 9.59 Å². The number of anilines is 1. The van der Waals surface area contributed by atoms with E-state index in [1.165, 1.54) is 0 Å². The molecule has 0 saturated heterocycles. The van der Waals surface area contributed by atoms with E-state index in [-0.39, 0.29) is 18.2 Å². The maximum atomic E-state index is 11.6. The van der Waals surface area contributed by atoms with E-state index in [4.69, 9.17) is 10.8 Å². The van der Waals surface area contributed by atoms with Gasteiger partial charge in [0.2, 0.25) is 0 Å². The van der Waals surface area contributed by atoms with Crippen LogP contribution in [0.1, 0.15) is 23.7 Å². The fourth-order valence-electron chi connectivity index (χ4n) is 1.37. The minimum absolute atomic E-state index is 0.0437. The van der Waals surface area contributed by atoms with Crippen LogP contribution in [-0.2, 0) is 4.79 Å². The van der Waals surface area contributed by atoms with E-state index in [2.05, 4.69) is 5.32 Å². The van der Waals surface area contributed by atoms with Crippen LogP contribution in [0, 0.1) is 5.92 Å². The number of carbonyl (C=O) groups is 2. The van der Waals surface area contributed by atoms with Gasteiger partial charge in [-0.3, -0.25) is 9.59 Å². The summed E-state index contributed by atoms with van der Waals surface area (Å²) in [6, 6.07) is 6.56. The molecule has 1 aromatic rings. The first kappa shape index (κ1) is 13.0. The number of nitrogens with two attached hydrogens (primary N) is 1. The fraction of sp³-hybridized carbons (Fsp3) is 0.333. The van der Waals surface area contributed by atoms with Crippen LogP contribution in [-0.4, -0.2) is 23.5 Å². The Hall–Kier alpha value is -2.04. The molecule has 1 rings (SSSR count). The van der Waals surface area contributed by atoms with Gasteiger partial charge < -0.3 is 16.2 Å². The number of benzene rings is 1. The molecular weight excluding hydrogens is 220 g/mol. The lowest BCUT2D eigenvalue weighted by atomic mass is 10.1. The molecule has 5 nitrogen and oxygen atoms in total. The zero-order valence-corrected chi connectivity index (χ0v) is 9.64. The fourth-order valence-corrected chi connectivity index (χ4v) is 1.37. The number of hydrogen-bond acceptors (Lipinski definition) is 3. The van der Waals surface area contributed by atoms with Gasteiger partial charge in [0, 0.05) is 24.2 Å². The predicted octanol–water partition coefficient (Wildman–Crippen LogP) is 1.11. The SMILES string of the molecule is CC(CNC(=O)c1ccc(N)cc1)CC(=O)O. The van der Waals surface area contributed by atoms with Gasteiger partial charge in [0.25, 0.3) is 5.91 Å². The van der Waals surface area contributed by atoms with Gasteiger partial charge in [-0.25, -0.2) is 0 Å². The molecule has 1 unspecified atom stereocenters. The summed E-state index contributed by atoms with van der Waals surface area (Å²) in [6.45, 7) is 2.12. The van der Waals surface area contributed by atoms with Gasteiger partial charge in [-0.05, 0) is 30.2 Å². The summed E-state index contributed by atoms with van der Waals surface area (Å²) in [6.07, 6.45) is 0.0437. The highest BCUT2D eigenvalue weighted by Crippen LogP contribution is 2.06. The zero-order chi connectivity index (χ0) is 12.8. The Morgan fingerprint density at radius 3 is 2.47 bits per heavy atom. The van der Waals surface area contributed by atoms with Crippen LogP contribution in [0.2, 0.25) is 0 Å². The maximum Gasteiger partial charge on any atom is 0.303 e. The van der Waals surface area contributed by atoms with Crippen LogP contribution in [0.4, 0.5) is 5.69 Å². The summed E-state index contributed by atoms with van der Waals surface area (Å²) in [7, 11) is 0. The van der Waals surface area contributed by atoms with E-state index in [0.717, 1.165) is 0 Å². The predicted molar refractivity (Wildman–Crippen MR) is 64.6 cm³/mol. The Labute approximate surface area is 99.6 Å². The maximum absolute atomic E-state index is 11.6. The number of carboxylic acids is 1. The van der Waals surface area contributed by atoms with Crippen molar-refractivity contribution in [3.63, 3.8) is 0 Å². The first-order chi connectivity index (χ1) is 7.99. The number of hydrogen-bond donors (Lipinski definition) is 3. The molecule has 1 amide bonds. The average Bonchev–Trinajstić information content (AvgIpc) is 2.26. The highest BCUT2D eigenvalue weighted by Gasteiger charge is 2.10. The number of carboxylic acid groups (broad SMARTS) is 1. The monoisotopic (exact) mass is 236 g/mol. The lowest BCUT2D eigenvalue weighted by molar-refractivity contribution is -0.137. The number of carbonyl (C=O) groups excluding carboxylic acids is 1. The topological polar surface area (TPSA) is 92.4 Å². The molecule has 92 valence electrons. The largest absolute Gasteiger partial charge is 0.481 e. The van der Waals surface area contributed by atoms with Crippen LogP contribution in [0.15, 0.2) is 24.3 Å². The molecule has 1 atom stereocenters. The Bertz CT molecular complexity index is 401. The number of rotatable bonds is 5. The van der Waals surface area contributed by atoms with Crippen LogP contribution in [0.25, 0.3) is 0 Å². The molecule has 1 aromatic carbocycles. The van der Waals surface area contributed by atoms with E-state index < -0.39 is 5.97 Å². The Morgan fingerprint density at radius 1 is 1.35 bits per heavy atom. The highest BCUT2D eigenvalue weighted by atomic mass is 16.4. The third-order valence-corrected chi connectivity index (χ3v) is 2.31. The summed E-state index contributed by atoms with van der Waals surface area (Å²) in [4.78, 5) is 22.1. The van der Waals surface area contributed by atoms with Crippen molar-refractivity contribution in [2.75, 3.05) is 12.3 Å². The summed E-state index contributed by atoms with van der Waals surface area (Å²) in [5.74, 6) is -1.17. The quantitative estimate of drug-likeness (QED) is 0.668. The minimum Gasteiger partial charge on any atom is -0.481 e. The molecule has 0 saturated carbocycles. The first-order valence-corrected chi connectivity index (χ1v) is 5.34. The number of nitrogen functional groups attached to an aromatic ring is 1. The van der Waals surface area contributed by atoms with Gasteiger partial charge in [0.05, 0.1) is 0 Å². The van der Waals surface area contributed by atoms with Crippen LogP contribution in [0.5, 0.6) is 0 Å². The molecule has 5 heteroatoms. The Kier molecular flexibility index (Phi) is 4.51. The summed E-state index contributed by atoms with van der Waals surface area (Å²) < 4.78 is 0. The van der Waals surface area contributed by atoms with Gasteiger partial charge in [-0.15, -0.1) is 0 Å². The summed E-state index contributed by atoms with van der Waals surface area (Å²) >= 11 is 0. The number of nitrogens with one attached hydrogen (secondary N) is 1. The van der Waals surface area contributed by atoms with Crippen molar-refractivity contribution in [1.29, 1.82) is 0 Å². The lowest BCUT2D eigenvalue weighted by Crippen LogP contribution is -2.29. The standard InChI is InChI=1S/C12H16N2O3/c1-8(6-11(15)16)7-14-12(17)9-2-4-10(13)5-3-9/h2-5,8H,6-7,13H2,1H3,(H,14,17)(H,15,16). The molecule has 0 radical (unpaired) electrons. The molecule has 4 N–H and O–H groups in total. The molecule has 0 aromatic heterocycles. The van der Waals surface area contributed by atoms with Crippen molar-refractivity contribution in [2.24, 2.45) is 5.92 Å². The molecule has 0 aliphatic rings. The van der Waals surface area contributed by atoms with Crippen LogP contribution < -0.4 is 11.1 Å². The second kappa shape index (κ2) is 5.89. The smallest absolute Gasteiger partial charge is 0.303 e. The van der Waals surface area contributed by atoms with Crippen molar-refractivity contribution < 1.29 is 14.7 Å². The molecule has 0 bridgehead atoms. The summed E-state index contributed by atoms with van der Waals surface area (Å²) in [5, 5.41) is 11.3. The molecule has 0 aliphatic heterocycles. The van der Waals surface area contributed by atoms with Gasteiger partial charge in [-0.1, -0.05) is 6.92 Å². The van der Waals surface area contributed by atoms with Gasteiger partial charge in [-0.2, -0.15) is 0 Å². The van der Waals surface area contributed by atoms with E-state index in [1.54, 1.807) is 31.2 Å². The third-order valence-electron chi connectivity index (χ3n) is 2.31. The van der Waals surface area contributed by atoms with Gasteiger partial charge in [0.15, 0.2) is 0 Å². The van der Waals surface area contributed by atoms with Gasteiger partial charge in [0.1, 0.15) is 0 Å². The first-order valence-electron chi connectivity index (χ1n) is 5.34. The van der Waals surface area contributed by atoms with E-state index >= 15 is 0 Å².